The van der Waals surface area contributed by atoms with Crippen molar-refractivity contribution < 1.29 is 61.4 Å². The number of carbonyl (C=O) groups excluding carboxylic acids is 6. The van der Waals surface area contributed by atoms with Crippen molar-refractivity contribution in [3.8, 4) is 11.8 Å². The van der Waals surface area contributed by atoms with Crippen LogP contribution in [0.15, 0.2) is 72.8 Å². The largest absolute Gasteiger partial charge is 0.399 e. The molecule has 5 aliphatic heterocycles. The number of ether oxygens (including phenoxy) is 2. The molecule has 21 heteroatoms. The number of amides is 6. The van der Waals surface area contributed by atoms with E-state index in [1.165, 1.54) is 21.9 Å². The number of carbonyl (C=O) groups is 6. The Morgan fingerprint density at radius 2 is 1.73 bits per heavy atom. The van der Waals surface area contributed by atoms with E-state index >= 15 is 0 Å². The van der Waals surface area contributed by atoms with Gasteiger partial charge in [0.25, 0.3) is 11.8 Å². The predicted octanol–water partition coefficient (Wildman–Crippen LogP) is 5.38. The third kappa shape index (κ3) is 11.2. The molecule has 3 aromatic carbocycles. The van der Waals surface area contributed by atoms with Crippen molar-refractivity contribution in [2.75, 3.05) is 52.5 Å². The van der Waals surface area contributed by atoms with Crippen LogP contribution in [0.3, 0.4) is 0 Å². The Bertz CT molecular complexity index is 2960. The number of hydrogen-bond donors (Lipinski definition) is 4. The summed E-state index contributed by atoms with van der Waals surface area (Å²) in [5, 5.41) is 5.37. The highest BCUT2D eigenvalue weighted by molar-refractivity contribution is 7.52. The molecular formula is C53H59F2N6O11PS. The average Bonchev–Trinajstić information content (AvgIpc) is 4.10. The van der Waals surface area contributed by atoms with E-state index in [0.717, 1.165) is 66.1 Å². The van der Waals surface area contributed by atoms with Crippen molar-refractivity contribution in [1.29, 1.82) is 0 Å². The summed E-state index contributed by atoms with van der Waals surface area (Å²) in [6.45, 7) is 9.04. The second-order valence-corrected chi connectivity index (χ2v) is 23.4. The van der Waals surface area contributed by atoms with Crippen molar-refractivity contribution in [3.05, 3.63) is 105 Å². The van der Waals surface area contributed by atoms with E-state index in [9.17, 15) is 51.9 Å². The molecule has 2 unspecified atom stereocenters. The van der Waals surface area contributed by atoms with Gasteiger partial charge < -0.3 is 44.2 Å². The number of imide groups is 1. The Balaban J connectivity index is 0.848. The van der Waals surface area contributed by atoms with Gasteiger partial charge >= 0.3 is 13.3 Å². The standard InChI is InChI=1S/C53H59F2N6O11PS/c1-52(2,3)46(57-48(64)44-27-35-26-36(14-16-43(35)74-44)53(54,55)73(68,69)70)51(67)60-29-37(28-41(60)50(66)59-23-25-72-42(31-59)34-8-5-4-6-9-34)71-24-22-58-20-18-32(19-21-58)12-13-33-10-7-11-38-39(33)30-61(49(38)65)40-15-17-45(62)56-47(40)63/h4-11,14,16,26-27,32,37,40-42,46H,15,17-25,28-31H2,1-3H3,(H,57,64)(H,56,62,63)(H2,68,69,70)/t37-,40?,41-,42?,46+/m0/s1. The lowest BCUT2D eigenvalue weighted by Gasteiger charge is -2.38. The number of likely N-dealkylation sites (tertiary alicyclic amines) is 2. The number of nitrogens with zero attached hydrogens (tertiary/aromatic N) is 4. The van der Waals surface area contributed by atoms with Gasteiger partial charge in [0.1, 0.15) is 24.2 Å². The Labute approximate surface area is 431 Å². The maximum Gasteiger partial charge on any atom is 0.399 e. The van der Waals surface area contributed by atoms with Crippen LogP contribution in [0, 0.1) is 23.2 Å². The number of morpholine rings is 1. The van der Waals surface area contributed by atoms with Crippen molar-refractivity contribution in [2.24, 2.45) is 11.3 Å². The van der Waals surface area contributed by atoms with E-state index < -0.39 is 66.2 Å². The third-order valence-electron chi connectivity index (χ3n) is 14.6. The van der Waals surface area contributed by atoms with Crippen LogP contribution in [0.1, 0.15) is 101 Å². The zero-order chi connectivity index (χ0) is 52.7. The van der Waals surface area contributed by atoms with Gasteiger partial charge in [-0.2, -0.15) is 8.78 Å². The van der Waals surface area contributed by atoms with Crippen LogP contribution < -0.4 is 10.6 Å². The number of halogens is 2. The average molecular weight is 1060 g/mol. The highest BCUT2D eigenvalue weighted by atomic mass is 32.1. The van der Waals surface area contributed by atoms with E-state index in [4.69, 9.17) is 9.47 Å². The molecule has 74 heavy (non-hydrogen) atoms. The van der Waals surface area contributed by atoms with Crippen molar-refractivity contribution >= 4 is 64.5 Å². The van der Waals surface area contributed by atoms with Gasteiger partial charge in [-0.1, -0.05) is 75.1 Å². The lowest BCUT2D eigenvalue weighted by atomic mass is 9.85. The maximum atomic E-state index is 14.9. The van der Waals surface area contributed by atoms with Crippen LogP contribution in [-0.2, 0) is 45.4 Å². The predicted molar refractivity (Wildman–Crippen MR) is 269 cm³/mol. The second kappa shape index (κ2) is 21.4. The monoisotopic (exact) mass is 1060 g/mol. The number of rotatable bonds is 12. The van der Waals surface area contributed by atoms with Crippen molar-refractivity contribution in [1.82, 2.24) is 30.2 Å². The van der Waals surface area contributed by atoms with E-state index in [-0.39, 0.29) is 78.9 Å². The molecule has 5 atom stereocenters. The van der Waals surface area contributed by atoms with E-state index in [1.54, 1.807) is 37.8 Å². The number of fused-ring (bicyclic) bond motifs is 2. The summed E-state index contributed by atoms with van der Waals surface area (Å²) in [4.78, 5) is 107. The molecule has 0 bridgehead atoms. The van der Waals surface area contributed by atoms with Crippen LogP contribution in [0.2, 0.25) is 0 Å². The van der Waals surface area contributed by atoms with Gasteiger partial charge in [0.2, 0.25) is 23.6 Å². The fourth-order valence-electron chi connectivity index (χ4n) is 10.4. The lowest BCUT2D eigenvalue weighted by molar-refractivity contribution is -0.150. The molecule has 6 heterocycles. The van der Waals surface area contributed by atoms with Crippen molar-refractivity contribution in [2.45, 2.75) is 95.4 Å². The Hall–Kier alpha value is -5.91. The molecule has 4 N–H and O–H groups in total. The summed E-state index contributed by atoms with van der Waals surface area (Å²) in [5.41, 5.74) is -3.25. The van der Waals surface area contributed by atoms with Gasteiger partial charge in [-0.05, 0) is 84.6 Å². The Morgan fingerprint density at radius 1 is 0.973 bits per heavy atom. The van der Waals surface area contributed by atoms with Crippen molar-refractivity contribution in [3.63, 3.8) is 0 Å². The molecule has 392 valence electrons. The van der Waals surface area contributed by atoms with Gasteiger partial charge in [-0.15, -0.1) is 11.3 Å². The lowest BCUT2D eigenvalue weighted by Crippen LogP contribution is -2.58. The molecule has 0 saturated carbocycles. The van der Waals surface area contributed by atoms with Gasteiger partial charge in [0.15, 0.2) is 0 Å². The number of benzene rings is 3. The first-order valence-electron chi connectivity index (χ1n) is 24.8. The highest BCUT2D eigenvalue weighted by Gasteiger charge is 2.51. The minimum Gasteiger partial charge on any atom is -0.375 e. The zero-order valence-corrected chi connectivity index (χ0v) is 43.0. The summed E-state index contributed by atoms with van der Waals surface area (Å²) < 4.78 is 53.8. The van der Waals surface area contributed by atoms with E-state index in [2.05, 4.69) is 27.4 Å². The van der Waals surface area contributed by atoms with E-state index in [1.807, 2.05) is 36.4 Å². The minimum absolute atomic E-state index is 0.0847. The van der Waals surface area contributed by atoms with Crippen LogP contribution in [0.5, 0.6) is 0 Å². The molecule has 9 rings (SSSR count). The maximum absolute atomic E-state index is 14.9. The molecule has 5 aliphatic rings. The molecule has 0 aliphatic carbocycles. The third-order valence-corrected chi connectivity index (χ3v) is 16.7. The van der Waals surface area contributed by atoms with Crippen LogP contribution in [0.4, 0.5) is 8.78 Å². The molecule has 0 radical (unpaired) electrons. The van der Waals surface area contributed by atoms with Gasteiger partial charge in [0, 0.05) is 66.3 Å². The molecule has 4 aromatic rings. The highest BCUT2D eigenvalue weighted by Crippen LogP contribution is 2.59. The minimum atomic E-state index is -5.84. The first kappa shape index (κ1) is 52.9. The number of hydrogen-bond acceptors (Lipinski definition) is 11. The summed E-state index contributed by atoms with van der Waals surface area (Å²) in [5.74, 6) is 4.40. The fourth-order valence-corrected chi connectivity index (χ4v) is 11.8. The quantitative estimate of drug-likeness (QED) is 0.0800. The normalized spacial score (nSPS) is 22.6. The topological polar surface area (TPSA) is 215 Å². The smallest absolute Gasteiger partial charge is 0.375 e. The molecule has 4 saturated heterocycles. The number of thiophene rings is 1. The molecule has 4 fully saturated rings. The molecule has 0 spiro atoms. The molecular weight excluding hydrogens is 998 g/mol. The zero-order valence-electron chi connectivity index (χ0n) is 41.3. The second-order valence-electron chi connectivity index (χ2n) is 20.6. The van der Waals surface area contributed by atoms with Gasteiger partial charge in [0.05, 0.1) is 30.7 Å². The Morgan fingerprint density at radius 3 is 2.45 bits per heavy atom. The number of alkyl halides is 2. The molecule has 6 amide bonds. The summed E-state index contributed by atoms with van der Waals surface area (Å²) in [6.07, 6.45) is 1.42. The first-order chi connectivity index (χ1) is 35.2. The SMILES string of the molecule is CC(C)(C)[C@H](NC(=O)c1cc2cc(C(F)(F)P(=O)(O)O)ccc2s1)C(=O)N1C[C@@H](OCCN2CCC(C#Cc3cccc4c3CN(C3CCC(=O)NC3=O)C4=O)CC2)C[C@H]1C(=O)N1CCOC(c2ccccc2)C1. The van der Waals surface area contributed by atoms with Crippen LogP contribution in [-0.4, -0.2) is 142 Å². The van der Waals surface area contributed by atoms with Gasteiger partial charge in [-0.25, -0.2) is 0 Å². The summed E-state index contributed by atoms with van der Waals surface area (Å²) in [6, 6.07) is 16.7. The van der Waals surface area contributed by atoms with Crippen LogP contribution in [0.25, 0.3) is 10.1 Å². The number of piperidine rings is 2. The summed E-state index contributed by atoms with van der Waals surface area (Å²) >= 11 is 0.974. The molecule has 17 nitrogen and oxygen atoms in total. The fraction of sp³-hybridized carbons (Fsp3) is 0.472. The van der Waals surface area contributed by atoms with E-state index in [0.29, 0.717) is 36.6 Å². The van der Waals surface area contributed by atoms with Crippen LogP contribution >= 0.6 is 18.9 Å². The first-order valence-corrected chi connectivity index (χ1v) is 27.3. The Kier molecular flexibility index (Phi) is 15.3. The summed E-state index contributed by atoms with van der Waals surface area (Å²) in [7, 11) is -5.84. The van der Waals surface area contributed by atoms with Gasteiger partial charge in [-0.3, -0.25) is 38.6 Å². The molecule has 1 aromatic heterocycles. The number of nitrogens with one attached hydrogen (secondary N) is 2.